The molecular formula is C8H11NO4. The fourth-order valence-corrected chi connectivity index (χ4v) is 1.06. The molecule has 0 atom stereocenters. The number of rotatable bonds is 4. The summed E-state index contributed by atoms with van der Waals surface area (Å²) in [5.74, 6) is -1.01. The van der Waals surface area contributed by atoms with Crippen LogP contribution in [0.5, 0.6) is 0 Å². The Labute approximate surface area is 75.2 Å². The van der Waals surface area contributed by atoms with Crippen LogP contribution in [0.25, 0.3) is 0 Å². The number of carbonyl (C=O) groups is 1. The molecule has 0 aliphatic carbocycles. The van der Waals surface area contributed by atoms with E-state index in [1.807, 2.05) is 0 Å². The van der Waals surface area contributed by atoms with E-state index in [1.165, 1.54) is 19.4 Å². The highest BCUT2D eigenvalue weighted by atomic mass is 16.5. The first-order chi connectivity index (χ1) is 6.19. The first-order valence-corrected chi connectivity index (χ1v) is 3.71. The number of carboxylic acid groups (broad SMARTS) is 1. The zero-order valence-electron chi connectivity index (χ0n) is 7.23. The van der Waals surface area contributed by atoms with Gasteiger partial charge in [0.15, 0.2) is 0 Å². The number of aromatic carboxylic acids is 1. The zero-order chi connectivity index (χ0) is 9.84. The van der Waals surface area contributed by atoms with Gasteiger partial charge in [-0.3, -0.25) is 0 Å². The van der Waals surface area contributed by atoms with Crippen LogP contribution in [-0.2, 0) is 18.1 Å². The van der Waals surface area contributed by atoms with Crippen molar-refractivity contribution in [2.24, 2.45) is 0 Å². The molecule has 1 aromatic rings. The number of methoxy groups -OCH3 is 1. The predicted octanol–water partition coefficient (Wildman–Crippen LogP) is 0.283. The second-order valence-corrected chi connectivity index (χ2v) is 2.57. The molecule has 1 aromatic heterocycles. The van der Waals surface area contributed by atoms with Gasteiger partial charge in [-0.1, -0.05) is 0 Å². The molecule has 0 aliphatic rings. The Morgan fingerprint density at radius 2 is 2.38 bits per heavy atom. The van der Waals surface area contributed by atoms with E-state index in [4.69, 9.17) is 14.9 Å². The molecule has 5 heteroatoms. The Kier molecular flexibility index (Phi) is 3.05. The van der Waals surface area contributed by atoms with Crippen LogP contribution in [-0.4, -0.2) is 27.9 Å². The highest BCUT2D eigenvalue weighted by molar-refractivity contribution is 5.87. The summed E-state index contributed by atoms with van der Waals surface area (Å²) in [7, 11) is 1.50. The maximum Gasteiger partial charge on any atom is 0.337 e. The summed E-state index contributed by atoms with van der Waals surface area (Å²) in [6.45, 7) is 0.0415. The van der Waals surface area contributed by atoms with Gasteiger partial charge in [-0.2, -0.15) is 0 Å². The second kappa shape index (κ2) is 4.06. The molecule has 72 valence electrons. The summed E-state index contributed by atoms with van der Waals surface area (Å²) in [6.07, 6.45) is 1.43. The van der Waals surface area contributed by atoms with Gasteiger partial charge in [0, 0.05) is 19.0 Å². The van der Waals surface area contributed by atoms with E-state index < -0.39 is 5.97 Å². The lowest BCUT2D eigenvalue weighted by atomic mass is 10.3. The van der Waals surface area contributed by atoms with Crippen molar-refractivity contribution in [2.45, 2.75) is 13.3 Å². The Bertz CT molecular complexity index is 305. The van der Waals surface area contributed by atoms with Gasteiger partial charge in [0.05, 0.1) is 12.2 Å². The van der Waals surface area contributed by atoms with Crippen molar-refractivity contribution in [2.75, 3.05) is 7.11 Å². The molecule has 13 heavy (non-hydrogen) atoms. The second-order valence-electron chi connectivity index (χ2n) is 2.57. The van der Waals surface area contributed by atoms with Crippen LogP contribution < -0.4 is 0 Å². The fraction of sp³-hybridized carbons (Fsp3) is 0.375. The minimum Gasteiger partial charge on any atom is -0.478 e. The third-order valence-corrected chi connectivity index (χ3v) is 1.66. The number of carboxylic acids is 1. The van der Waals surface area contributed by atoms with Crippen molar-refractivity contribution in [1.82, 2.24) is 4.57 Å². The lowest BCUT2D eigenvalue weighted by Crippen LogP contribution is -2.02. The minimum absolute atomic E-state index is 0.154. The maximum atomic E-state index is 10.6. The molecule has 2 N–H and O–H groups in total. The maximum absolute atomic E-state index is 10.6. The lowest BCUT2D eigenvalue weighted by molar-refractivity contribution is 0.0696. The number of nitrogens with zero attached hydrogens (tertiary/aromatic N) is 1. The van der Waals surface area contributed by atoms with Gasteiger partial charge in [0.2, 0.25) is 0 Å². The largest absolute Gasteiger partial charge is 0.478 e. The van der Waals surface area contributed by atoms with Crippen molar-refractivity contribution in [3.63, 3.8) is 0 Å². The average molecular weight is 185 g/mol. The molecule has 1 rings (SSSR count). The van der Waals surface area contributed by atoms with Gasteiger partial charge in [-0.15, -0.1) is 0 Å². The first kappa shape index (κ1) is 9.76. The lowest BCUT2D eigenvalue weighted by Gasteiger charge is -2.03. The molecule has 0 unspecified atom stereocenters. The van der Waals surface area contributed by atoms with Gasteiger partial charge in [-0.05, 0) is 6.07 Å². The SMILES string of the molecule is COCn1cc(C(=O)O)cc1CO. The Morgan fingerprint density at radius 3 is 2.85 bits per heavy atom. The Balaban J connectivity index is 2.96. The van der Waals surface area contributed by atoms with E-state index in [9.17, 15) is 4.79 Å². The van der Waals surface area contributed by atoms with E-state index in [2.05, 4.69) is 0 Å². The van der Waals surface area contributed by atoms with Crippen molar-refractivity contribution >= 4 is 5.97 Å². The number of aliphatic hydroxyl groups is 1. The molecule has 0 aliphatic heterocycles. The molecular weight excluding hydrogens is 174 g/mol. The molecule has 0 bridgehead atoms. The van der Waals surface area contributed by atoms with Crippen LogP contribution in [0.4, 0.5) is 0 Å². The molecule has 0 fully saturated rings. The van der Waals surface area contributed by atoms with Crippen molar-refractivity contribution in [3.05, 3.63) is 23.5 Å². The Morgan fingerprint density at radius 1 is 1.69 bits per heavy atom. The summed E-state index contributed by atoms with van der Waals surface area (Å²) in [6, 6.07) is 1.42. The van der Waals surface area contributed by atoms with Crippen LogP contribution in [0.1, 0.15) is 16.1 Å². The average Bonchev–Trinajstić information content (AvgIpc) is 2.48. The first-order valence-electron chi connectivity index (χ1n) is 3.71. The number of aromatic nitrogens is 1. The van der Waals surface area contributed by atoms with Crippen LogP contribution in [0, 0.1) is 0 Å². The van der Waals surface area contributed by atoms with Crippen LogP contribution >= 0.6 is 0 Å². The predicted molar refractivity (Wildman–Crippen MR) is 44.3 cm³/mol. The highest BCUT2D eigenvalue weighted by Gasteiger charge is 2.09. The summed E-state index contributed by atoms with van der Waals surface area (Å²) >= 11 is 0. The van der Waals surface area contributed by atoms with Crippen molar-refractivity contribution in [1.29, 1.82) is 0 Å². The van der Waals surface area contributed by atoms with E-state index in [1.54, 1.807) is 4.57 Å². The number of ether oxygens (including phenoxy) is 1. The van der Waals surface area contributed by atoms with Gasteiger partial charge in [0.25, 0.3) is 0 Å². The molecule has 0 radical (unpaired) electrons. The van der Waals surface area contributed by atoms with Gasteiger partial charge in [0.1, 0.15) is 6.73 Å². The number of hydrogen-bond acceptors (Lipinski definition) is 3. The fourth-order valence-electron chi connectivity index (χ4n) is 1.06. The molecule has 0 saturated carbocycles. The molecule has 0 aromatic carbocycles. The highest BCUT2D eigenvalue weighted by Crippen LogP contribution is 2.08. The van der Waals surface area contributed by atoms with Crippen LogP contribution in [0.15, 0.2) is 12.3 Å². The topological polar surface area (TPSA) is 71.7 Å². The number of aliphatic hydroxyl groups excluding tert-OH is 1. The zero-order valence-corrected chi connectivity index (χ0v) is 7.23. The molecule has 1 heterocycles. The van der Waals surface area contributed by atoms with Gasteiger partial charge >= 0.3 is 5.97 Å². The summed E-state index contributed by atoms with van der Waals surface area (Å²) in [4.78, 5) is 10.6. The molecule has 0 spiro atoms. The van der Waals surface area contributed by atoms with Crippen LogP contribution in [0.3, 0.4) is 0 Å². The summed E-state index contributed by atoms with van der Waals surface area (Å²) < 4.78 is 6.37. The number of hydrogen-bond donors (Lipinski definition) is 2. The Hall–Kier alpha value is -1.33. The van der Waals surface area contributed by atoms with Gasteiger partial charge in [-0.25, -0.2) is 4.79 Å². The standard InChI is InChI=1S/C8H11NO4/c1-13-5-9-3-6(8(11)12)2-7(9)4-10/h2-3,10H,4-5H2,1H3,(H,11,12). The normalized spacial score (nSPS) is 10.3. The summed E-state index contributed by atoms with van der Waals surface area (Å²) in [5.41, 5.74) is 0.681. The van der Waals surface area contributed by atoms with Gasteiger partial charge < -0.3 is 19.5 Å². The molecule has 0 saturated heterocycles. The smallest absolute Gasteiger partial charge is 0.337 e. The molecule has 5 nitrogen and oxygen atoms in total. The van der Waals surface area contributed by atoms with E-state index in [0.29, 0.717) is 5.69 Å². The quantitative estimate of drug-likeness (QED) is 0.706. The van der Waals surface area contributed by atoms with E-state index in [-0.39, 0.29) is 18.9 Å². The van der Waals surface area contributed by atoms with E-state index in [0.717, 1.165) is 0 Å². The molecule has 0 amide bonds. The minimum atomic E-state index is -1.01. The third-order valence-electron chi connectivity index (χ3n) is 1.66. The summed E-state index contributed by atoms with van der Waals surface area (Å²) in [5, 5.41) is 17.5. The monoisotopic (exact) mass is 185 g/mol. The van der Waals surface area contributed by atoms with Crippen molar-refractivity contribution in [3.8, 4) is 0 Å². The van der Waals surface area contributed by atoms with E-state index >= 15 is 0 Å². The van der Waals surface area contributed by atoms with Crippen LogP contribution in [0.2, 0.25) is 0 Å². The van der Waals surface area contributed by atoms with Crippen molar-refractivity contribution < 1.29 is 19.7 Å². The third kappa shape index (κ3) is 2.07.